The number of hydrogen-bond acceptors (Lipinski definition) is 4. The van der Waals surface area contributed by atoms with Crippen LogP contribution in [-0.4, -0.2) is 30.5 Å². The lowest BCUT2D eigenvalue weighted by Crippen LogP contribution is -2.24. The third-order valence-electron chi connectivity index (χ3n) is 3.77. The standard InChI is InChI=1S/C18H17N3O3S/c1-19-17(23)12-4-2-11(3-5-12)9-20-18(24)13-6-7-15-14(8-13)21-16(22)10-25-15/h2-8H,9-10H2,1H3,(H,19,23)(H,20,24)(H,21,22). The van der Waals surface area contributed by atoms with Gasteiger partial charge in [-0.3, -0.25) is 14.4 Å². The van der Waals surface area contributed by atoms with Crippen molar-refractivity contribution in [3.8, 4) is 0 Å². The first-order valence-corrected chi connectivity index (χ1v) is 8.71. The van der Waals surface area contributed by atoms with E-state index in [0.717, 1.165) is 10.5 Å². The van der Waals surface area contributed by atoms with Crippen LogP contribution in [0.1, 0.15) is 26.3 Å². The Balaban J connectivity index is 1.64. The van der Waals surface area contributed by atoms with Crippen LogP contribution in [-0.2, 0) is 11.3 Å². The molecule has 1 aliphatic heterocycles. The molecule has 6 nitrogen and oxygen atoms in total. The molecular formula is C18H17N3O3S. The molecule has 0 spiro atoms. The summed E-state index contributed by atoms with van der Waals surface area (Å²) in [6.07, 6.45) is 0. The van der Waals surface area contributed by atoms with E-state index >= 15 is 0 Å². The lowest BCUT2D eigenvalue weighted by Gasteiger charge is -2.17. The van der Waals surface area contributed by atoms with Crippen molar-refractivity contribution >= 4 is 35.2 Å². The van der Waals surface area contributed by atoms with Gasteiger partial charge in [0.15, 0.2) is 0 Å². The van der Waals surface area contributed by atoms with E-state index in [0.29, 0.717) is 29.1 Å². The molecule has 0 aromatic heterocycles. The van der Waals surface area contributed by atoms with Gasteiger partial charge < -0.3 is 16.0 Å². The highest BCUT2D eigenvalue weighted by atomic mass is 32.2. The maximum absolute atomic E-state index is 12.3. The molecule has 1 heterocycles. The van der Waals surface area contributed by atoms with Gasteiger partial charge >= 0.3 is 0 Å². The Labute approximate surface area is 149 Å². The van der Waals surface area contributed by atoms with Gasteiger partial charge in [0.1, 0.15) is 0 Å². The van der Waals surface area contributed by atoms with E-state index in [9.17, 15) is 14.4 Å². The Morgan fingerprint density at radius 3 is 2.52 bits per heavy atom. The molecule has 0 unspecified atom stereocenters. The predicted molar refractivity (Wildman–Crippen MR) is 96.8 cm³/mol. The van der Waals surface area contributed by atoms with Crippen molar-refractivity contribution in [1.82, 2.24) is 10.6 Å². The third kappa shape index (κ3) is 4.00. The van der Waals surface area contributed by atoms with Crippen LogP contribution in [0.25, 0.3) is 0 Å². The van der Waals surface area contributed by atoms with Gasteiger partial charge in [-0.2, -0.15) is 0 Å². The molecule has 3 amide bonds. The average Bonchev–Trinajstić information content (AvgIpc) is 2.65. The van der Waals surface area contributed by atoms with Crippen LogP contribution in [0.3, 0.4) is 0 Å². The van der Waals surface area contributed by atoms with Crippen molar-refractivity contribution in [3.63, 3.8) is 0 Å². The first kappa shape index (κ1) is 17.0. The van der Waals surface area contributed by atoms with Crippen LogP contribution in [0.15, 0.2) is 47.4 Å². The smallest absolute Gasteiger partial charge is 0.251 e. The zero-order chi connectivity index (χ0) is 17.8. The van der Waals surface area contributed by atoms with Gasteiger partial charge in [0.05, 0.1) is 11.4 Å². The van der Waals surface area contributed by atoms with E-state index in [-0.39, 0.29) is 17.7 Å². The molecule has 7 heteroatoms. The van der Waals surface area contributed by atoms with Crippen molar-refractivity contribution in [3.05, 3.63) is 59.2 Å². The fourth-order valence-corrected chi connectivity index (χ4v) is 3.22. The molecule has 0 aliphatic carbocycles. The highest BCUT2D eigenvalue weighted by molar-refractivity contribution is 8.00. The summed E-state index contributed by atoms with van der Waals surface area (Å²) in [6, 6.07) is 12.3. The van der Waals surface area contributed by atoms with Crippen molar-refractivity contribution in [2.24, 2.45) is 0 Å². The number of nitrogens with one attached hydrogen (secondary N) is 3. The fraction of sp³-hybridized carbons (Fsp3) is 0.167. The maximum Gasteiger partial charge on any atom is 0.251 e. The third-order valence-corrected chi connectivity index (χ3v) is 4.84. The summed E-state index contributed by atoms with van der Waals surface area (Å²) in [5.74, 6) is -0.0382. The molecule has 0 fully saturated rings. The summed E-state index contributed by atoms with van der Waals surface area (Å²) in [5.41, 5.74) is 2.62. The van der Waals surface area contributed by atoms with Gasteiger partial charge in [0.25, 0.3) is 11.8 Å². The molecule has 0 radical (unpaired) electrons. The number of thioether (sulfide) groups is 1. The summed E-state index contributed by atoms with van der Waals surface area (Å²) < 4.78 is 0. The molecule has 1 aliphatic rings. The highest BCUT2D eigenvalue weighted by Gasteiger charge is 2.17. The maximum atomic E-state index is 12.3. The summed E-state index contributed by atoms with van der Waals surface area (Å²) in [4.78, 5) is 36.2. The molecule has 128 valence electrons. The van der Waals surface area contributed by atoms with Gasteiger partial charge in [-0.1, -0.05) is 12.1 Å². The minimum absolute atomic E-state index is 0.0636. The van der Waals surface area contributed by atoms with Crippen LogP contribution < -0.4 is 16.0 Å². The van der Waals surface area contributed by atoms with Gasteiger partial charge in [-0.25, -0.2) is 0 Å². The van der Waals surface area contributed by atoms with Crippen LogP contribution >= 0.6 is 11.8 Å². The van der Waals surface area contributed by atoms with E-state index in [1.807, 2.05) is 6.07 Å². The van der Waals surface area contributed by atoms with E-state index in [1.165, 1.54) is 11.8 Å². The summed E-state index contributed by atoms with van der Waals surface area (Å²) in [6.45, 7) is 0.352. The molecule has 25 heavy (non-hydrogen) atoms. The van der Waals surface area contributed by atoms with Crippen molar-refractivity contribution < 1.29 is 14.4 Å². The first-order valence-electron chi connectivity index (χ1n) is 7.73. The molecule has 3 N–H and O–H groups in total. The Bertz CT molecular complexity index is 834. The second-order valence-corrected chi connectivity index (χ2v) is 6.52. The largest absolute Gasteiger partial charge is 0.355 e. The Morgan fingerprint density at radius 1 is 1.08 bits per heavy atom. The molecule has 0 atom stereocenters. The molecular weight excluding hydrogens is 338 g/mol. The first-order chi connectivity index (χ1) is 12.1. The number of hydrogen-bond donors (Lipinski definition) is 3. The van der Waals surface area contributed by atoms with E-state index < -0.39 is 0 Å². The second kappa shape index (κ2) is 7.40. The lowest BCUT2D eigenvalue weighted by molar-refractivity contribution is -0.113. The van der Waals surface area contributed by atoms with Crippen molar-refractivity contribution in [2.45, 2.75) is 11.4 Å². The van der Waals surface area contributed by atoms with Crippen molar-refractivity contribution in [2.75, 3.05) is 18.1 Å². The Kier molecular flexibility index (Phi) is 5.04. The molecule has 0 saturated carbocycles. The number of carbonyl (C=O) groups is 3. The van der Waals surface area contributed by atoms with E-state index in [1.54, 1.807) is 43.4 Å². The second-order valence-electron chi connectivity index (χ2n) is 5.51. The van der Waals surface area contributed by atoms with Crippen LogP contribution in [0.2, 0.25) is 0 Å². The van der Waals surface area contributed by atoms with E-state index in [2.05, 4.69) is 16.0 Å². The van der Waals surface area contributed by atoms with Crippen LogP contribution in [0.4, 0.5) is 5.69 Å². The quantitative estimate of drug-likeness (QED) is 0.783. The molecule has 0 bridgehead atoms. The van der Waals surface area contributed by atoms with E-state index in [4.69, 9.17) is 0 Å². The summed E-state index contributed by atoms with van der Waals surface area (Å²) >= 11 is 1.46. The number of carbonyl (C=O) groups excluding carboxylic acids is 3. The van der Waals surface area contributed by atoms with Gasteiger partial charge in [-0.05, 0) is 35.9 Å². The van der Waals surface area contributed by atoms with Gasteiger partial charge in [-0.15, -0.1) is 11.8 Å². The van der Waals surface area contributed by atoms with Gasteiger partial charge in [0, 0.05) is 29.6 Å². The zero-order valence-electron chi connectivity index (χ0n) is 13.6. The predicted octanol–water partition coefficient (Wildman–Crippen LogP) is 2.02. The Morgan fingerprint density at radius 2 is 1.80 bits per heavy atom. The average molecular weight is 355 g/mol. The number of benzene rings is 2. The molecule has 2 aromatic carbocycles. The monoisotopic (exact) mass is 355 g/mol. The Hall–Kier alpha value is -2.80. The number of amides is 3. The normalized spacial score (nSPS) is 12.8. The lowest BCUT2D eigenvalue weighted by atomic mass is 10.1. The fourth-order valence-electron chi connectivity index (χ4n) is 2.43. The number of rotatable bonds is 4. The minimum Gasteiger partial charge on any atom is -0.355 e. The van der Waals surface area contributed by atoms with Crippen LogP contribution in [0.5, 0.6) is 0 Å². The molecule has 3 rings (SSSR count). The SMILES string of the molecule is CNC(=O)c1ccc(CNC(=O)c2ccc3c(c2)NC(=O)CS3)cc1. The van der Waals surface area contributed by atoms with Crippen LogP contribution in [0, 0.1) is 0 Å². The minimum atomic E-state index is -0.219. The zero-order valence-corrected chi connectivity index (χ0v) is 14.4. The summed E-state index contributed by atoms with van der Waals surface area (Å²) in [7, 11) is 1.58. The summed E-state index contributed by atoms with van der Waals surface area (Å²) in [5, 5.41) is 8.17. The highest BCUT2D eigenvalue weighted by Crippen LogP contribution is 2.31. The topological polar surface area (TPSA) is 87.3 Å². The van der Waals surface area contributed by atoms with Crippen molar-refractivity contribution in [1.29, 1.82) is 0 Å². The molecule has 0 saturated heterocycles. The number of anilines is 1. The van der Waals surface area contributed by atoms with Gasteiger partial charge in [0.2, 0.25) is 5.91 Å². The molecule has 2 aromatic rings. The number of fused-ring (bicyclic) bond motifs is 1.